The number of nitrogens with zero attached hydrogens (tertiary/aromatic N) is 1. The van der Waals surface area contributed by atoms with Gasteiger partial charge in [0.15, 0.2) is 0 Å². The van der Waals surface area contributed by atoms with Gasteiger partial charge in [-0.25, -0.2) is 13.2 Å². The topological polar surface area (TPSA) is 86.7 Å². The summed E-state index contributed by atoms with van der Waals surface area (Å²) >= 11 is 0. The normalized spacial score (nSPS) is 17.4. The van der Waals surface area contributed by atoms with E-state index in [0.717, 1.165) is 31.5 Å². The molecule has 0 saturated carbocycles. The fraction of sp³-hybridized carbons (Fsp3) is 0.409. The summed E-state index contributed by atoms with van der Waals surface area (Å²) in [4.78, 5) is 13.7. The van der Waals surface area contributed by atoms with Crippen LogP contribution in [0.4, 0.5) is 11.4 Å². The molecule has 0 radical (unpaired) electrons. The van der Waals surface area contributed by atoms with Gasteiger partial charge in [-0.05, 0) is 60.6 Å². The Morgan fingerprint density at radius 3 is 2.45 bits per heavy atom. The van der Waals surface area contributed by atoms with Crippen molar-refractivity contribution in [1.29, 1.82) is 0 Å². The largest absolute Gasteiger partial charge is 0.478 e. The molecule has 0 spiro atoms. The minimum absolute atomic E-state index is 0.0478. The van der Waals surface area contributed by atoms with E-state index in [1.807, 2.05) is 13.8 Å². The lowest BCUT2D eigenvalue weighted by molar-refractivity contribution is 0.0697. The van der Waals surface area contributed by atoms with Gasteiger partial charge in [0.2, 0.25) is 0 Å². The highest BCUT2D eigenvalue weighted by Gasteiger charge is 2.23. The fourth-order valence-electron chi connectivity index (χ4n) is 3.67. The molecule has 1 aliphatic rings. The number of hydrogen-bond donors (Lipinski definition) is 2. The van der Waals surface area contributed by atoms with Gasteiger partial charge in [0.05, 0.1) is 21.8 Å². The number of benzene rings is 2. The van der Waals surface area contributed by atoms with E-state index >= 15 is 0 Å². The quantitative estimate of drug-likeness (QED) is 0.722. The number of piperidine rings is 1. The van der Waals surface area contributed by atoms with Crippen molar-refractivity contribution in [3.05, 3.63) is 53.6 Å². The molecular formula is C22H28N2O4S. The highest BCUT2D eigenvalue weighted by molar-refractivity contribution is 7.92. The molecule has 2 N–H and O–H groups in total. The highest BCUT2D eigenvalue weighted by atomic mass is 32.2. The van der Waals surface area contributed by atoms with Crippen LogP contribution in [0.5, 0.6) is 0 Å². The average molecular weight is 417 g/mol. The van der Waals surface area contributed by atoms with Crippen LogP contribution in [0, 0.1) is 5.92 Å². The molecule has 156 valence electrons. The van der Waals surface area contributed by atoms with Gasteiger partial charge in [0, 0.05) is 13.1 Å². The lowest BCUT2D eigenvalue weighted by Gasteiger charge is -2.34. The summed E-state index contributed by atoms with van der Waals surface area (Å²) in [6, 6.07) is 11.4. The molecule has 0 aliphatic carbocycles. The summed E-state index contributed by atoms with van der Waals surface area (Å²) in [6.45, 7) is 7.88. The van der Waals surface area contributed by atoms with Crippen LogP contribution in [0.1, 0.15) is 55.5 Å². The Kier molecular flexibility index (Phi) is 6.17. The third-order valence-corrected chi connectivity index (χ3v) is 6.72. The zero-order valence-electron chi connectivity index (χ0n) is 17.1. The van der Waals surface area contributed by atoms with Crippen LogP contribution in [-0.4, -0.2) is 32.6 Å². The Bertz CT molecular complexity index is 984. The minimum Gasteiger partial charge on any atom is -0.478 e. The van der Waals surface area contributed by atoms with Crippen LogP contribution in [0.15, 0.2) is 47.4 Å². The zero-order chi connectivity index (χ0) is 21.2. The minimum atomic E-state index is -3.84. The SMILES string of the molecule is CC1CCCN(c2ccc(C(=O)O)cc2NS(=O)(=O)c2ccc(C(C)C)cc2)C1. The molecule has 0 aromatic heterocycles. The summed E-state index contributed by atoms with van der Waals surface area (Å²) in [7, 11) is -3.84. The summed E-state index contributed by atoms with van der Waals surface area (Å²) < 4.78 is 28.6. The molecule has 1 aliphatic heterocycles. The van der Waals surface area contributed by atoms with Crippen molar-refractivity contribution in [2.24, 2.45) is 5.92 Å². The van der Waals surface area contributed by atoms with Gasteiger partial charge in [0.25, 0.3) is 10.0 Å². The molecule has 1 unspecified atom stereocenters. The maximum absolute atomic E-state index is 13.0. The lowest BCUT2D eigenvalue weighted by atomic mass is 9.99. The Hall–Kier alpha value is -2.54. The first kappa shape index (κ1) is 21.2. The number of rotatable bonds is 6. The maximum Gasteiger partial charge on any atom is 0.335 e. The van der Waals surface area contributed by atoms with Crippen LogP contribution < -0.4 is 9.62 Å². The van der Waals surface area contributed by atoms with Crippen molar-refractivity contribution in [1.82, 2.24) is 0 Å². The molecule has 2 aromatic carbocycles. The van der Waals surface area contributed by atoms with Gasteiger partial charge in [-0.3, -0.25) is 4.72 Å². The number of nitrogens with one attached hydrogen (secondary N) is 1. The standard InChI is InChI=1S/C22H28N2O4S/c1-15(2)17-6-9-19(10-7-17)29(27,28)23-20-13-18(22(25)26)8-11-21(20)24-12-4-5-16(3)14-24/h6-11,13,15-16,23H,4-5,12,14H2,1-3H3,(H,25,26). The third kappa shape index (κ3) is 4.90. The third-order valence-electron chi connectivity index (χ3n) is 5.34. The number of carbonyl (C=O) groups is 1. The zero-order valence-corrected chi connectivity index (χ0v) is 17.9. The second-order valence-corrected chi connectivity index (χ2v) is 9.74. The van der Waals surface area contributed by atoms with E-state index in [1.165, 1.54) is 12.1 Å². The number of hydrogen-bond acceptors (Lipinski definition) is 4. The molecular weight excluding hydrogens is 388 g/mol. The molecule has 0 amide bonds. The second-order valence-electron chi connectivity index (χ2n) is 8.06. The van der Waals surface area contributed by atoms with Gasteiger partial charge < -0.3 is 10.0 Å². The van der Waals surface area contributed by atoms with Crippen molar-refractivity contribution in [2.45, 2.75) is 44.4 Å². The fourth-order valence-corrected chi connectivity index (χ4v) is 4.74. The summed E-state index contributed by atoms with van der Waals surface area (Å²) in [6.07, 6.45) is 2.15. The number of aromatic carboxylic acids is 1. The van der Waals surface area contributed by atoms with E-state index < -0.39 is 16.0 Å². The predicted molar refractivity (Wildman–Crippen MR) is 115 cm³/mol. The van der Waals surface area contributed by atoms with Gasteiger partial charge >= 0.3 is 5.97 Å². The second kappa shape index (κ2) is 8.45. The molecule has 7 heteroatoms. The molecule has 1 atom stereocenters. The monoisotopic (exact) mass is 416 g/mol. The van der Waals surface area contributed by atoms with E-state index in [4.69, 9.17) is 0 Å². The van der Waals surface area contributed by atoms with Gasteiger partial charge in [-0.15, -0.1) is 0 Å². The van der Waals surface area contributed by atoms with Crippen LogP contribution in [-0.2, 0) is 10.0 Å². The first-order valence-electron chi connectivity index (χ1n) is 9.92. The molecule has 3 rings (SSSR count). The molecule has 2 aromatic rings. The maximum atomic E-state index is 13.0. The number of carboxylic acid groups (broad SMARTS) is 1. The molecule has 6 nitrogen and oxygen atoms in total. The predicted octanol–water partition coefficient (Wildman–Crippen LogP) is 4.55. The van der Waals surface area contributed by atoms with Crippen molar-refractivity contribution < 1.29 is 18.3 Å². The smallest absolute Gasteiger partial charge is 0.335 e. The highest BCUT2D eigenvalue weighted by Crippen LogP contribution is 2.32. The molecule has 1 heterocycles. The van der Waals surface area contributed by atoms with Crippen LogP contribution in [0.2, 0.25) is 0 Å². The summed E-state index contributed by atoms with van der Waals surface area (Å²) in [5, 5.41) is 9.36. The number of carboxylic acids is 1. The first-order chi connectivity index (χ1) is 13.7. The lowest BCUT2D eigenvalue weighted by Crippen LogP contribution is -2.35. The average Bonchev–Trinajstić information content (AvgIpc) is 2.67. The van der Waals surface area contributed by atoms with Gasteiger partial charge in [0.1, 0.15) is 0 Å². The molecule has 0 bridgehead atoms. The van der Waals surface area contributed by atoms with E-state index in [-0.39, 0.29) is 10.5 Å². The Morgan fingerprint density at radius 1 is 1.17 bits per heavy atom. The van der Waals surface area contributed by atoms with Gasteiger partial charge in [-0.1, -0.05) is 32.9 Å². The van der Waals surface area contributed by atoms with Crippen molar-refractivity contribution in [3.63, 3.8) is 0 Å². The van der Waals surface area contributed by atoms with Crippen LogP contribution >= 0.6 is 0 Å². The van der Waals surface area contributed by atoms with Crippen molar-refractivity contribution in [3.8, 4) is 0 Å². The Balaban J connectivity index is 1.96. The summed E-state index contributed by atoms with van der Waals surface area (Å²) in [5.41, 5.74) is 2.11. The molecule has 1 saturated heterocycles. The number of anilines is 2. The van der Waals surface area contributed by atoms with Crippen molar-refractivity contribution in [2.75, 3.05) is 22.7 Å². The van der Waals surface area contributed by atoms with Crippen LogP contribution in [0.25, 0.3) is 0 Å². The number of sulfonamides is 1. The van der Waals surface area contributed by atoms with Gasteiger partial charge in [-0.2, -0.15) is 0 Å². The van der Waals surface area contributed by atoms with Crippen molar-refractivity contribution >= 4 is 27.4 Å². The van der Waals surface area contributed by atoms with Crippen LogP contribution in [0.3, 0.4) is 0 Å². The van der Waals surface area contributed by atoms with E-state index in [0.29, 0.717) is 23.2 Å². The molecule has 29 heavy (non-hydrogen) atoms. The van der Waals surface area contributed by atoms with E-state index in [2.05, 4.69) is 16.5 Å². The first-order valence-corrected chi connectivity index (χ1v) is 11.4. The molecule has 1 fully saturated rings. The Morgan fingerprint density at radius 2 is 1.86 bits per heavy atom. The van der Waals surface area contributed by atoms with E-state index in [1.54, 1.807) is 30.3 Å². The van der Waals surface area contributed by atoms with E-state index in [9.17, 15) is 18.3 Å². The summed E-state index contributed by atoms with van der Waals surface area (Å²) in [5.74, 6) is -0.291. The Labute approximate surface area is 172 Å².